The smallest absolute Gasteiger partial charge is 0.0625 e. The lowest BCUT2D eigenvalue weighted by Crippen LogP contribution is -2.03. The van der Waals surface area contributed by atoms with Gasteiger partial charge in [0.05, 0.1) is 11.0 Å². The first-order chi connectivity index (χ1) is 19.4. The maximum atomic E-state index is 2.52. The molecule has 0 saturated heterocycles. The second-order valence-corrected chi connectivity index (χ2v) is 10.5. The van der Waals surface area contributed by atoms with Gasteiger partial charge in [-0.15, -0.1) is 0 Å². The molecule has 184 valence electrons. The topological polar surface area (TPSA) is 4.93 Å². The monoisotopic (exact) mass is 497 g/mol. The van der Waals surface area contributed by atoms with Crippen LogP contribution in [0.2, 0.25) is 0 Å². The molecule has 1 nitrogen and oxygen atoms in total. The van der Waals surface area contributed by atoms with Crippen LogP contribution in [0.15, 0.2) is 146 Å². The summed E-state index contributed by atoms with van der Waals surface area (Å²) in [6, 6.07) is 46.3. The average molecular weight is 498 g/mol. The molecule has 1 aliphatic carbocycles. The third-order valence-corrected chi connectivity index (χ3v) is 8.31. The van der Waals surface area contributed by atoms with E-state index in [0.717, 1.165) is 6.42 Å². The molecule has 1 aromatic heterocycles. The molecule has 0 aliphatic heterocycles. The van der Waals surface area contributed by atoms with Crippen LogP contribution in [0.25, 0.3) is 60.2 Å². The van der Waals surface area contributed by atoms with Gasteiger partial charge in [-0.1, -0.05) is 133 Å². The van der Waals surface area contributed by atoms with Crippen molar-refractivity contribution in [3.63, 3.8) is 0 Å². The van der Waals surface area contributed by atoms with Crippen molar-refractivity contribution in [1.29, 1.82) is 0 Å². The molecule has 8 rings (SSSR count). The molecule has 1 heterocycles. The van der Waals surface area contributed by atoms with Crippen molar-refractivity contribution in [2.24, 2.45) is 0 Å². The maximum Gasteiger partial charge on any atom is 0.0625 e. The van der Waals surface area contributed by atoms with Crippen LogP contribution in [0.5, 0.6) is 0 Å². The molecule has 0 saturated carbocycles. The van der Waals surface area contributed by atoms with Crippen molar-refractivity contribution in [1.82, 2.24) is 4.57 Å². The van der Waals surface area contributed by atoms with Crippen LogP contribution in [0.3, 0.4) is 0 Å². The number of allylic oxidation sites excluding steroid dienone is 4. The minimum absolute atomic E-state index is 0.403. The fourth-order valence-corrected chi connectivity index (χ4v) is 6.48. The predicted octanol–water partition coefficient (Wildman–Crippen LogP) is 10.4. The summed E-state index contributed by atoms with van der Waals surface area (Å²) in [4.78, 5) is 0. The van der Waals surface area contributed by atoms with Gasteiger partial charge < -0.3 is 4.57 Å². The third-order valence-electron chi connectivity index (χ3n) is 8.31. The van der Waals surface area contributed by atoms with E-state index in [4.69, 9.17) is 0 Å². The fourth-order valence-electron chi connectivity index (χ4n) is 6.48. The van der Waals surface area contributed by atoms with E-state index in [1.54, 1.807) is 0 Å². The number of nitrogens with zero attached hydrogens (tertiary/aromatic N) is 1. The first kappa shape index (κ1) is 22.1. The molecular weight excluding hydrogens is 470 g/mol. The first-order valence-electron chi connectivity index (χ1n) is 13.7. The Hall–Kier alpha value is -4.88. The Morgan fingerprint density at radius 2 is 1.18 bits per heavy atom. The summed E-state index contributed by atoms with van der Waals surface area (Å²) >= 11 is 0. The third kappa shape index (κ3) is 3.47. The normalized spacial score (nSPS) is 15.4. The van der Waals surface area contributed by atoms with Crippen LogP contribution in [-0.2, 0) is 0 Å². The van der Waals surface area contributed by atoms with Gasteiger partial charge in [-0.2, -0.15) is 0 Å². The van der Waals surface area contributed by atoms with Crippen molar-refractivity contribution in [3.8, 4) is 11.1 Å². The van der Waals surface area contributed by atoms with Crippen LogP contribution in [0, 0.1) is 0 Å². The van der Waals surface area contributed by atoms with E-state index in [1.165, 1.54) is 65.7 Å². The van der Waals surface area contributed by atoms with E-state index < -0.39 is 0 Å². The van der Waals surface area contributed by atoms with Crippen molar-refractivity contribution >= 4 is 49.0 Å². The van der Waals surface area contributed by atoms with Gasteiger partial charge in [0.2, 0.25) is 0 Å². The Labute approximate surface area is 227 Å². The van der Waals surface area contributed by atoms with Gasteiger partial charge in [-0.25, -0.2) is 0 Å². The molecule has 1 unspecified atom stereocenters. The standard InChI is InChI=1S/C38H27N/c1-3-11-26(12-4-1)28-19-22-30(23-20-28)39-36-25-29(27-13-5-2-6-14-27)21-24-35(36)37-33-17-9-7-15-31(33)32-16-8-10-18-34(32)38(37)39/h1-19,21-25,28H,20H2. The van der Waals surface area contributed by atoms with Gasteiger partial charge in [-0.05, 0) is 51.4 Å². The minimum Gasteiger partial charge on any atom is -0.309 e. The molecule has 6 aromatic carbocycles. The van der Waals surface area contributed by atoms with Crippen molar-refractivity contribution < 1.29 is 0 Å². The molecule has 0 fully saturated rings. The van der Waals surface area contributed by atoms with Gasteiger partial charge >= 0.3 is 0 Å². The summed E-state index contributed by atoms with van der Waals surface area (Å²) in [5.41, 5.74) is 7.63. The van der Waals surface area contributed by atoms with E-state index in [9.17, 15) is 0 Å². The van der Waals surface area contributed by atoms with Gasteiger partial charge in [0.15, 0.2) is 0 Å². The Kier molecular flexibility index (Phi) is 5.03. The molecule has 39 heavy (non-hydrogen) atoms. The second kappa shape index (κ2) is 8.85. The number of rotatable bonds is 3. The van der Waals surface area contributed by atoms with Gasteiger partial charge in [0.25, 0.3) is 0 Å². The summed E-state index contributed by atoms with van der Waals surface area (Å²) in [6.45, 7) is 0. The molecule has 0 spiro atoms. The molecule has 1 atom stereocenters. The molecular formula is C38H27N. The molecule has 0 radical (unpaired) electrons. The largest absolute Gasteiger partial charge is 0.309 e. The van der Waals surface area contributed by atoms with E-state index in [2.05, 4.69) is 150 Å². The highest BCUT2D eigenvalue weighted by molar-refractivity contribution is 6.32. The molecule has 0 amide bonds. The van der Waals surface area contributed by atoms with Crippen molar-refractivity contribution in [3.05, 3.63) is 151 Å². The highest BCUT2D eigenvalue weighted by Gasteiger charge is 2.21. The zero-order valence-corrected chi connectivity index (χ0v) is 21.6. The molecule has 1 heteroatoms. The van der Waals surface area contributed by atoms with Gasteiger partial charge in [-0.3, -0.25) is 0 Å². The van der Waals surface area contributed by atoms with Crippen molar-refractivity contribution in [2.75, 3.05) is 0 Å². The fraction of sp³-hybridized carbons (Fsp3) is 0.0526. The molecule has 7 aromatic rings. The first-order valence-corrected chi connectivity index (χ1v) is 13.7. The van der Waals surface area contributed by atoms with E-state index >= 15 is 0 Å². The Bertz CT molecular complexity index is 2070. The average Bonchev–Trinajstić information content (AvgIpc) is 3.37. The number of hydrogen-bond donors (Lipinski definition) is 0. The Balaban J connectivity index is 1.46. The number of aromatic nitrogens is 1. The minimum atomic E-state index is 0.403. The van der Waals surface area contributed by atoms with Crippen LogP contribution in [-0.4, -0.2) is 4.57 Å². The summed E-state index contributed by atoms with van der Waals surface area (Å²) in [7, 11) is 0. The van der Waals surface area contributed by atoms with Crippen molar-refractivity contribution in [2.45, 2.75) is 12.3 Å². The summed E-state index contributed by atoms with van der Waals surface area (Å²) in [5.74, 6) is 0.403. The molecule has 0 N–H and O–H groups in total. The summed E-state index contributed by atoms with van der Waals surface area (Å²) in [6.07, 6.45) is 8.13. The number of hydrogen-bond acceptors (Lipinski definition) is 0. The lowest BCUT2D eigenvalue weighted by molar-refractivity contribution is 0.850. The van der Waals surface area contributed by atoms with Gasteiger partial charge in [0.1, 0.15) is 0 Å². The van der Waals surface area contributed by atoms with Crippen LogP contribution >= 0.6 is 0 Å². The molecule has 0 bridgehead atoms. The van der Waals surface area contributed by atoms with Crippen LogP contribution < -0.4 is 0 Å². The zero-order valence-electron chi connectivity index (χ0n) is 21.6. The van der Waals surface area contributed by atoms with Crippen LogP contribution in [0.1, 0.15) is 17.9 Å². The SMILES string of the molecule is C1=CC(c2ccccc2)CC=C1n1c2cc(-c3ccccc3)ccc2c2c3ccccc3c3ccccc3c21. The van der Waals surface area contributed by atoms with E-state index in [0.29, 0.717) is 5.92 Å². The number of benzene rings is 6. The quantitative estimate of drug-likeness (QED) is 0.214. The highest BCUT2D eigenvalue weighted by Crippen LogP contribution is 2.44. The second-order valence-electron chi connectivity index (χ2n) is 10.5. The Morgan fingerprint density at radius 3 is 1.90 bits per heavy atom. The van der Waals surface area contributed by atoms with E-state index in [-0.39, 0.29) is 0 Å². The highest BCUT2D eigenvalue weighted by atomic mass is 15.0. The maximum absolute atomic E-state index is 2.52. The summed E-state index contributed by atoms with van der Waals surface area (Å²) in [5, 5.41) is 7.84. The Morgan fingerprint density at radius 1 is 0.538 bits per heavy atom. The van der Waals surface area contributed by atoms with Crippen LogP contribution in [0.4, 0.5) is 0 Å². The zero-order chi connectivity index (χ0) is 25.8. The lowest BCUT2D eigenvalue weighted by atomic mass is 9.91. The predicted molar refractivity (Wildman–Crippen MR) is 167 cm³/mol. The lowest BCUT2D eigenvalue weighted by Gasteiger charge is -2.19. The number of fused-ring (bicyclic) bond motifs is 8. The summed E-state index contributed by atoms with van der Waals surface area (Å²) < 4.78 is 2.52. The molecule has 1 aliphatic rings. The van der Waals surface area contributed by atoms with E-state index in [1.807, 2.05) is 0 Å². The van der Waals surface area contributed by atoms with Gasteiger partial charge in [0, 0.05) is 27.8 Å².